The smallest absolute Gasteiger partial charge is 0.336 e. The number of aromatic nitrogens is 3. The van der Waals surface area contributed by atoms with Crippen molar-refractivity contribution >= 4 is 11.6 Å². The Bertz CT molecular complexity index is 259. The SMILES string of the molecule is CCOc1nc(Cl)n(C(C)C)n1. The van der Waals surface area contributed by atoms with Gasteiger partial charge >= 0.3 is 6.01 Å². The van der Waals surface area contributed by atoms with Gasteiger partial charge in [-0.3, -0.25) is 0 Å². The van der Waals surface area contributed by atoms with Gasteiger partial charge in [0.05, 0.1) is 6.61 Å². The predicted molar refractivity (Wildman–Crippen MR) is 46.6 cm³/mol. The Morgan fingerprint density at radius 1 is 1.58 bits per heavy atom. The first-order chi connectivity index (χ1) is 5.65. The monoisotopic (exact) mass is 189 g/mol. The molecule has 0 spiro atoms. The topological polar surface area (TPSA) is 39.9 Å². The molecule has 0 atom stereocenters. The number of ether oxygens (including phenoxy) is 1. The molecule has 0 saturated carbocycles. The van der Waals surface area contributed by atoms with Gasteiger partial charge in [0.15, 0.2) is 0 Å². The largest absolute Gasteiger partial charge is 0.463 e. The van der Waals surface area contributed by atoms with Gasteiger partial charge in [-0.15, -0.1) is 5.10 Å². The van der Waals surface area contributed by atoms with Crippen molar-refractivity contribution in [3.05, 3.63) is 5.28 Å². The van der Waals surface area contributed by atoms with Crippen LogP contribution in [0.4, 0.5) is 0 Å². The van der Waals surface area contributed by atoms with Crippen LogP contribution in [0.25, 0.3) is 0 Å². The molecule has 0 aliphatic carbocycles. The number of hydrogen-bond acceptors (Lipinski definition) is 3. The number of nitrogens with zero attached hydrogens (tertiary/aromatic N) is 3. The van der Waals surface area contributed by atoms with Crippen LogP contribution < -0.4 is 4.74 Å². The van der Waals surface area contributed by atoms with Crippen molar-refractivity contribution < 1.29 is 4.74 Å². The van der Waals surface area contributed by atoms with Crippen LogP contribution in [0.5, 0.6) is 6.01 Å². The highest BCUT2D eigenvalue weighted by Gasteiger charge is 2.10. The van der Waals surface area contributed by atoms with Crippen molar-refractivity contribution in [2.45, 2.75) is 26.8 Å². The molecule has 0 unspecified atom stereocenters. The van der Waals surface area contributed by atoms with Crippen LogP contribution in [-0.2, 0) is 0 Å². The molecule has 0 saturated heterocycles. The summed E-state index contributed by atoms with van der Waals surface area (Å²) < 4.78 is 6.71. The molecule has 0 N–H and O–H groups in total. The summed E-state index contributed by atoms with van der Waals surface area (Å²) in [6, 6.07) is 0.551. The summed E-state index contributed by atoms with van der Waals surface area (Å²) >= 11 is 5.79. The van der Waals surface area contributed by atoms with Gasteiger partial charge in [0.1, 0.15) is 0 Å². The summed E-state index contributed by atoms with van der Waals surface area (Å²) in [4.78, 5) is 3.92. The van der Waals surface area contributed by atoms with Gasteiger partial charge < -0.3 is 4.74 Å². The molecule has 1 aromatic heterocycles. The van der Waals surface area contributed by atoms with Crippen molar-refractivity contribution in [1.29, 1.82) is 0 Å². The first-order valence-electron chi connectivity index (χ1n) is 3.90. The molecule has 1 heterocycles. The molecule has 1 aromatic rings. The summed E-state index contributed by atoms with van der Waals surface area (Å²) in [5.41, 5.74) is 0. The summed E-state index contributed by atoms with van der Waals surface area (Å²) in [5, 5.41) is 4.42. The van der Waals surface area contributed by atoms with Crippen LogP contribution in [-0.4, -0.2) is 21.4 Å². The zero-order valence-corrected chi connectivity index (χ0v) is 8.17. The zero-order chi connectivity index (χ0) is 9.14. The Morgan fingerprint density at radius 2 is 2.25 bits per heavy atom. The highest BCUT2D eigenvalue weighted by Crippen LogP contribution is 2.15. The van der Waals surface area contributed by atoms with Gasteiger partial charge in [0.2, 0.25) is 5.28 Å². The molecule has 4 nitrogen and oxygen atoms in total. The van der Waals surface area contributed by atoms with E-state index in [-0.39, 0.29) is 6.04 Å². The van der Waals surface area contributed by atoms with Crippen LogP contribution in [0.2, 0.25) is 5.28 Å². The molecule has 0 bridgehead atoms. The Kier molecular flexibility index (Phi) is 2.92. The van der Waals surface area contributed by atoms with E-state index in [0.29, 0.717) is 17.9 Å². The summed E-state index contributed by atoms with van der Waals surface area (Å²) in [7, 11) is 0. The minimum atomic E-state index is 0.208. The minimum absolute atomic E-state index is 0.208. The quantitative estimate of drug-likeness (QED) is 0.730. The summed E-state index contributed by atoms with van der Waals surface area (Å²) in [6.45, 7) is 6.40. The third kappa shape index (κ3) is 1.88. The van der Waals surface area contributed by atoms with Gasteiger partial charge in [-0.25, -0.2) is 4.68 Å². The van der Waals surface area contributed by atoms with Crippen molar-refractivity contribution in [1.82, 2.24) is 14.8 Å². The molecule has 0 fully saturated rings. The molecule has 0 aromatic carbocycles. The fourth-order valence-corrected chi connectivity index (χ4v) is 1.11. The average Bonchev–Trinajstić information content (AvgIpc) is 2.32. The van der Waals surface area contributed by atoms with Crippen molar-refractivity contribution in [3.63, 3.8) is 0 Å². The van der Waals surface area contributed by atoms with Gasteiger partial charge in [-0.1, -0.05) is 0 Å². The van der Waals surface area contributed by atoms with Gasteiger partial charge in [0, 0.05) is 6.04 Å². The second kappa shape index (κ2) is 3.76. The minimum Gasteiger partial charge on any atom is -0.463 e. The van der Waals surface area contributed by atoms with Gasteiger partial charge in [-0.05, 0) is 32.4 Å². The number of rotatable bonds is 3. The third-order valence-corrected chi connectivity index (χ3v) is 1.59. The lowest BCUT2D eigenvalue weighted by Gasteiger charge is -2.03. The molecule has 0 aliphatic rings. The molecule has 12 heavy (non-hydrogen) atoms. The van der Waals surface area contributed by atoms with Crippen molar-refractivity contribution in [2.75, 3.05) is 6.61 Å². The lowest BCUT2D eigenvalue weighted by Crippen LogP contribution is -2.03. The number of halogens is 1. The Hall–Kier alpha value is -0.770. The maximum absolute atomic E-state index is 5.79. The lowest BCUT2D eigenvalue weighted by molar-refractivity contribution is 0.308. The van der Waals surface area contributed by atoms with E-state index in [4.69, 9.17) is 16.3 Å². The second-order valence-electron chi connectivity index (χ2n) is 2.63. The molecule has 1 rings (SSSR count). The third-order valence-electron chi connectivity index (χ3n) is 1.33. The van der Waals surface area contributed by atoms with Crippen LogP contribution >= 0.6 is 11.6 Å². The van der Waals surface area contributed by atoms with Gasteiger partial charge in [0.25, 0.3) is 0 Å². The normalized spacial score (nSPS) is 10.8. The second-order valence-corrected chi connectivity index (χ2v) is 2.97. The molecular weight excluding hydrogens is 178 g/mol. The van der Waals surface area contributed by atoms with E-state index in [0.717, 1.165) is 0 Å². The summed E-state index contributed by atoms with van der Waals surface area (Å²) in [5.74, 6) is 0. The fourth-order valence-electron chi connectivity index (χ4n) is 0.805. The molecular formula is C7H12ClN3O. The summed E-state index contributed by atoms with van der Waals surface area (Å²) in [6.07, 6.45) is 0. The van der Waals surface area contributed by atoms with Crippen LogP contribution in [0.1, 0.15) is 26.8 Å². The Morgan fingerprint density at radius 3 is 2.67 bits per heavy atom. The van der Waals surface area contributed by atoms with E-state index in [1.165, 1.54) is 0 Å². The first kappa shape index (κ1) is 9.32. The molecule has 0 amide bonds. The van der Waals surface area contributed by atoms with Crippen molar-refractivity contribution in [3.8, 4) is 6.01 Å². The van der Waals surface area contributed by atoms with E-state index >= 15 is 0 Å². The van der Waals surface area contributed by atoms with Gasteiger partial charge in [-0.2, -0.15) is 4.98 Å². The van der Waals surface area contributed by atoms with E-state index < -0.39 is 0 Å². The molecule has 0 radical (unpaired) electrons. The average molecular weight is 190 g/mol. The molecule has 0 aliphatic heterocycles. The van der Waals surface area contributed by atoms with Crippen molar-refractivity contribution in [2.24, 2.45) is 0 Å². The standard InChI is InChI=1S/C7H12ClN3O/c1-4-12-7-9-6(8)11(10-7)5(2)3/h5H,4H2,1-3H3. The van der Waals surface area contributed by atoms with E-state index in [9.17, 15) is 0 Å². The maximum Gasteiger partial charge on any atom is 0.336 e. The zero-order valence-electron chi connectivity index (χ0n) is 7.41. The first-order valence-corrected chi connectivity index (χ1v) is 4.27. The number of hydrogen-bond donors (Lipinski definition) is 0. The predicted octanol–water partition coefficient (Wildman–Crippen LogP) is 1.91. The van der Waals surface area contributed by atoms with Crippen LogP contribution in [0.15, 0.2) is 0 Å². The van der Waals surface area contributed by atoms with E-state index in [1.807, 2.05) is 20.8 Å². The molecule has 68 valence electrons. The highest BCUT2D eigenvalue weighted by molar-refractivity contribution is 6.28. The van der Waals surface area contributed by atoms with Crippen LogP contribution in [0.3, 0.4) is 0 Å². The maximum atomic E-state index is 5.79. The Labute approximate surface area is 76.5 Å². The highest BCUT2D eigenvalue weighted by atomic mass is 35.5. The Balaban J connectivity index is 2.85. The van der Waals surface area contributed by atoms with Crippen LogP contribution in [0, 0.1) is 0 Å². The fraction of sp³-hybridized carbons (Fsp3) is 0.714. The lowest BCUT2D eigenvalue weighted by atomic mass is 10.4. The van der Waals surface area contributed by atoms with E-state index in [2.05, 4.69) is 10.1 Å². The van der Waals surface area contributed by atoms with E-state index in [1.54, 1.807) is 4.68 Å². The molecule has 5 heteroatoms.